The minimum Gasteiger partial charge on any atom is -0.293 e. The quantitative estimate of drug-likeness (QED) is 0.625. The minimum atomic E-state index is -0.132. The lowest BCUT2D eigenvalue weighted by molar-refractivity contribution is 0.0997. The maximum Gasteiger partial charge on any atom is 0.176 e. The number of nitriles is 1. The predicted octanol–water partition coefficient (Wildman–Crippen LogP) is 3.12. The van der Waals surface area contributed by atoms with E-state index in [0.717, 1.165) is 17.7 Å². The molecule has 0 atom stereocenters. The summed E-state index contributed by atoms with van der Waals surface area (Å²) in [5.74, 6) is 0.677. The zero-order valence-corrected chi connectivity index (χ0v) is 9.78. The number of rotatable bonds is 5. The van der Waals surface area contributed by atoms with E-state index in [2.05, 4.69) is 12.6 Å². The number of ketones is 1. The molecule has 0 spiro atoms. The van der Waals surface area contributed by atoms with E-state index in [1.54, 1.807) is 12.1 Å². The van der Waals surface area contributed by atoms with E-state index in [1.165, 1.54) is 0 Å². The van der Waals surface area contributed by atoms with E-state index in [1.807, 2.05) is 30.4 Å². The highest BCUT2D eigenvalue weighted by molar-refractivity contribution is 7.80. The Bertz CT molecular complexity index is 432. The molecular formula is C13H13NOS. The van der Waals surface area contributed by atoms with Gasteiger partial charge in [-0.25, -0.2) is 0 Å². The Morgan fingerprint density at radius 1 is 1.50 bits per heavy atom. The standard InChI is InChI=1S/C13H13NOS/c14-8-7-13(15)12-6-3-5-11(10-12)4-1-2-9-16/h1,3-6,10,16H,2,7,9H2. The van der Waals surface area contributed by atoms with Crippen molar-refractivity contribution in [1.29, 1.82) is 5.26 Å². The highest BCUT2D eigenvalue weighted by Gasteiger charge is 2.04. The summed E-state index contributed by atoms with van der Waals surface area (Å²) in [7, 11) is 0. The van der Waals surface area contributed by atoms with E-state index < -0.39 is 0 Å². The zero-order valence-electron chi connectivity index (χ0n) is 8.89. The van der Waals surface area contributed by atoms with Gasteiger partial charge in [-0.2, -0.15) is 17.9 Å². The van der Waals surface area contributed by atoms with Gasteiger partial charge < -0.3 is 0 Å². The second kappa shape index (κ2) is 6.86. The van der Waals surface area contributed by atoms with E-state index in [9.17, 15) is 4.79 Å². The van der Waals surface area contributed by atoms with Gasteiger partial charge in [-0.1, -0.05) is 30.4 Å². The third-order valence-corrected chi connectivity index (χ3v) is 2.31. The van der Waals surface area contributed by atoms with Crippen LogP contribution in [0.25, 0.3) is 6.08 Å². The molecule has 0 amide bonds. The molecule has 0 bridgehead atoms. The van der Waals surface area contributed by atoms with Crippen LogP contribution in [0.4, 0.5) is 0 Å². The Balaban J connectivity index is 2.79. The molecule has 0 aromatic heterocycles. The minimum absolute atomic E-state index is 0.0657. The summed E-state index contributed by atoms with van der Waals surface area (Å²) >= 11 is 4.11. The van der Waals surface area contributed by atoms with Crippen molar-refractivity contribution in [2.45, 2.75) is 12.8 Å². The molecule has 0 saturated carbocycles. The van der Waals surface area contributed by atoms with Gasteiger partial charge in [-0.05, 0) is 23.8 Å². The normalized spacial score (nSPS) is 10.2. The van der Waals surface area contributed by atoms with Crippen LogP contribution in [0.3, 0.4) is 0 Å². The molecule has 3 heteroatoms. The van der Waals surface area contributed by atoms with Crippen LogP contribution in [-0.2, 0) is 0 Å². The van der Waals surface area contributed by atoms with E-state index in [-0.39, 0.29) is 12.2 Å². The van der Waals surface area contributed by atoms with Gasteiger partial charge in [-0.3, -0.25) is 4.79 Å². The lowest BCUT2D eigenvalue weighted by Crippen LogP contribution is -1.96. The van der Waals surface area contributed by atoms with Crippen molar-refractivity contribution in [3.63, 3.8) is 0 Å². The first-order valence-corrected chi connectivity index (χ1v) is 5.69. The fraction of sp³-hybridized carbons (Fsp3) is 0.231. The molecule has 0 aliphatic carbocycles. The van der Waals surface area contributed by atoms with Crippen LogP contribution in [0, 0.1) is 11.3 Å². The van der Waals surface area contributed by atoms with Crippen molar-refractivity contribution in [3.05, 3.63) is 41.5 Å². The molecule has 1 rings (SSSR count). The van der Waals surface area contributed by atoms with Crippen molar-refractivity contribution in [3.8, 4) is 6.07 Å². The maximum atomic E-state index is 11.5. The molecule has 0 fully saturated rings. The third kappa shape index (κ3) is 3.92. The molecule has 0 unspecified atom stereocenters. The molecule has 16 heavy (non-hydrogen) atoms. The number of benzene rings is 1. The van der Waals surface area contributed by atoms with Gasteiger partial charge in [0.1, 0.15) is 0 Å². The van der Waals surface area contributed by atoms with Crippen LogP contribution in [-0.4, -0.2) is 11.5 Å². The Morgan fingerprint density at radius 2 is 2.31 bits per heavy atom. The van der Waals surface area contributed by atoms with Gasteiger partial charge >= 0.3 is 0 Å². The number of allylic oxidation sites excluding steroid dienone is 1. The smallest absolute Gasteiger partial charge is 0.176 e. The van der Waals surface area contributed by atoms with Crippen molar-refractivity contribution in [1.82, 2.24) is 0 Å². The highest BCUT2D eigenvalue weighted by atomic mass is 32.1. The molecule has 2 nitrogen and oxygen atoms in total. The zero-order chi connectivity index (χ0) is 11.8. The van der Waals surface area contributed by atoms with Gasteiger partial charge in [0.2, 0.25) is 0 Å². The average Bonchev–Trinajstić information content (AvgIpc) is 2.30. The predicted molar refractivity (Wildman–Crippen MR) is 68.5 cm³/mol. The van der Waals surface area contributed by atoms with E-state index in [0.29, 0.717) is 5.56 Å². The van der Waals surface area contributed by atoms with Gasteiger partial charge in [0.05, 0.1) is 12.5 Å². The fourth-order valence-electron chi connectivity index (χ4n) is 1.28. The average molecular weight is 231 g/mol. The molecule has 0 N–H and O–H groups in total. The number of carbonyl (C=O) groups is 1. The lowest BCUT2D eigenvalue weighted by Gasteiger charge is -1.98. The second-order valence-electron chi connectivity index (χ2n) is 3.30. The molecule has 0 radical (unpaired) electrons. The largest absolute Gasteiger partial charge is 0.293 e. The van der Waals surface area contributed by atoms with Crippen molar-refractivity contribution in [2.75, 3.05) is 5.75 Å². The first-order chi connectivity index (χ1) is 7.77. The number of thiol groups is 1. The molecule has 82 valence electrons. The van der Waals surface area contributed by atoms with Gasteiger partial charge in [0, 0.05) is 5.56 Å². The van der Waals surface area contributed by atoms with Crippen molar-refractivity contribution in [2.24, 2.45) is 0 Å². The first kappa shape index (κ1) is 12.5. The summed E-state index contributed by atoms with van der Waals surface area (Å²) in [6, 6.07) is 9.15. The van der Waals surface area contributed by atoms with Crippen LogP contribution in [0.15, 0.2) is 30.3 Å². The van der Waals surface area contributed by atoms with Crippen LogP contribution in [0.2, 0.25) is 0 Å². The van der Waals surface area contributed by atoms with Crippen LogP contribution in [0.1, 0.15) is 28.8 Å². The summed E-state index contributed by atoms with van der Waals surface area (Å²) < 4.78 is 0. The molecule has 0 saturated heterocycles. The summed E-state index contributed by atoms with van der Waals surface area (Å²) in [6.45, 7) is 0. The molecular weight excluding hydrogens is 218 g/mol. The Labute approximate surface area is 101 Å². The molecule has 0 aliphatic rings. The van der Waals surface area contributed by atoms with Crippen LogP contribution < -0.4 is 0 Å². The SMILES string of the molecule is N#CCC(=O)c1cccc(C=CCCS)c1. The number of nitrogens with zero attached hydrogens (tertiary/aromatic N) is 1. The van der Waals surface area contributed by atoms with Crippen LogP contribution >= 0.6 is 12.6 Å². The number of Topliss-reactive ketones (excluding diaryl/α,β-unsaturated/α-hetero) is 1. The number of hydrogen-bond acceptors (Lipinski definition) is 3. The topological polar surface area (TPSA) is 40.9 Å². The first-order valence-electron chi connectivity index (χ1n) is 5.05. The highest BCUT2D eigenvalue weighted by Crippen LogP contribution is 2.09. The van der Waals surface area contributed by atoms with Gasteiger partial charge in [0.25, 0.3) is 0 Å². The summed E-state index contributed by atoms with van der Waals surface area (Å²) in [4.78, 5) is 11.5. The van der Waals surface area contributed by atoms with Gasteiger partial charge in [-0.15, -0.1) is 0 Å². The summed E-state index contributed by atoms with van der Waals surface area (Å²) in [6.07, 6.45) is 4.81. The lowest BCUT2D eigenvalue weighted by atomic mass is 10.1. The van der Waals surface area contributed by atoms with E-state index in [4.69, 9.17) is 5.26 Å². The van der Waals surface area contributed by atoms with Crippen molar-refractivity contribution >= 4 is 24.5 Å². The Kier molecular flexibility index (Phi) is 5.38. The Hall–Kier alpha value is -1.53. The number of hydrogen-bond donors (Lipinski definition) is 1. The number of carbonyl (C=O) groups excluding carboxylic acids is 1. The molecule has 1 aromatic carbocycles. The Morgan fingerprint density at radius 3 is 3.00 bits per heavy atom. The van der Waals surface area contributed by atoms with Gasteiger partial charge in [0.15, 0.2) is 5.78 Å². The molecule has 1 aromatic rings. The summed E-state index contributed by atoms with van der Waals surface area (Å²) in [5, 5.41) is 8.45. The third-order valence-electron chi connectivity index (χ3n) is 2.05. The molecule has 0 aliphatic heterocycles. The maximum absolute atomic E-state index is 11.5. The van der Waals surface area contributed by atoms with Crippen molar-refractivity contribution < 1.29 is 4.79 Å². The fourth-order valence-corrected chi connectivity index (χ4v) is 1.43. The van der Waals surface area contributed by atoms with E-state index >= 15 is 0 Å². The summed E-state index contributed by atoms with van der Waals surface area (Å²) in [5.41, 5.74) is 1.57. The second-order valence-corrected chi connectivity index (χ2v) is 3.75. The van der Waals surface area contributed by atoms with Crippen LogP contribution in [0.5, 0.6) is 0 Å². The molecule has 0 heterocycles. The monoisotopic (exact) mass is 231 g/mol.